The van der Waals surface area contributed by atoms with Gasteiger partial charge in [0.1, 0.15) is 0 Å². The van der Waals surface area contributed by atoms with E-state index in [9.17, 15) is 0 Å². The van der Waals surface area contributed by atoms with Gasteiger partial charge in [-0.1, -0.05) is 48.0 Å². The van der Waals surface area contributed by atoms with Crippen molar-refractivity contribution in [2.24, 2.45) is 0 Å². The first-order valence-corrected chi connectivity index (χ1v) is 6.08. The standard InChI is InChI=1S/C13H14BrN/c1-9(10(2)14)12-5-3-4-11-8-15-7-6-13(11)12/h3-10H,1-2H3. The van der Waals surface area contributed by atoms with Crippen LogP contribution >= 0.6 is 15.9 Å². The van der Waals surface area contributed by atoms with Gasteiger partial charge in [-0.3, -0.25) is 4.98 Å². The Morgan fingerprint density at radius 3 is 2.73 bits per heavy atom. The molecule has 0 amide bonds. The van der Waals surface area contributed by atoms with Gasteiger partial charge in [0.25, 0.3) is 0 Å². The molecule has 0 spiro atoms. The maximum Gasteiger partial charge on any atom is 0.0346 e. The summed E-state index contributed by atoms with van der Waals surface area (Å²) in [4.78, 5) is 4.63. The predicted octanol–water partition coefficient (Wildman–Crippen LogP) is 4.12. The van der Waals surface area contributed by atoms with Gasteiger partial charge in [-0.05, 0) is 22.9 Å². The molecule has 2 atom stereocenters. The molecule has 78 valence electrons. The van der Waals surface area contributed by atoms with E-state index in [1.54, 1.807) is 0 Å². The average molecular weight is 264 g/mol. The van der Waals surface area contributed by atoms with Gasteiger partial charge >= 0.3 is 0 Å². The Bertz CT molecular complexity index is 460. The minimum atomic E-state index is 0.483. The molecule has 1 nitrogen and oxygen atoms in total. The van der Waals surface area contributed by atoms with E-state index in [1.165, 1.54) is 16.3 Å². The second-order valence-electron chi connectivity index (χ2n) is 3.91. The van der Waals surface area contributed by atoms with Crippen LogP contribution in [0.2, 0.25) is 0 Å². The molecule has 0 fully saturated rings. The SMILES string of the molecule is CC(Br)C(C)c1cccc2cnccc12. The lowest BCUT2D eigenvalue weighted by Gasteiger charge is -2.16. The number of alkyl halides is 1. The molecule has 0 N–H and O–H groups in total. The lowest BCUT2D eigenvalue weighted by molar-refractivity contribution is 0.768. The van der Waals surface area contributed by atoms with Gasteiger partial charge in [0.2, 0.25) is 0 Å². The van der Waals surface area contributed by atoms with E-state index >= 15 is 0 Å². The summed E-state index contributed by atoms with van der Waals surface area (Å²) in [6.07, 6.45) is 3.78. The molecule has 15 heavy (non-hydrogen) atoms. The molecule has 2 rings (SSSR count). The molecule has 0 aliphatic rings. The van der Waals surface area contributed by atoms with Gasteiger partial charge in [0.05, 0.1) is 0 Å². The summed E-state index contributed by atoms with van der Waals surface area (Å²) < 4.78 is 0. The Morgan fingerprint density at radius 2 is 2.00 bits per heavy atom. The maximum absolute atomic E-state index is 4.15. The van der Waals surface area contributed by atoms with Crippen molar-refractivity contribution in [1.82, 2.24) is 4.98 Å². The van der Waals surface area contributed by atoms with Crippen LogP contribution < -0.4 is 0 Å². The first-order chi connectivity index (χ1) is 7.20. The molecule has 0 saturated carbocycles. The van der Waals surface area contributed by atoms with Crippen LogP contribution in [0.3, 0.4) is 0 Å². The molecule has 0 bridgehead atoms. The fraction of sp³-hybridized carbons (Fsp3) is 0.308. The third-order valence-corrected chi connectivity index (χ3v) is 3.69. The topological polar surface area (TPSA) is 12.9 Å². The van der Waals surface area contributed by atoms with Crippen molar-refractivity contribution in [2.75, 3.05) is 0 Å². The molecule has 2 heteroatoms. The van der Waals surface area contributed by atoms with Crippen molar-refractivity contribution in [3.05, 3.63) is 42.2 Å². The summed E-state index contributed by atoms with van der Waals surface area (Å²) >= 11 is 3.65. The smallest absolute Gasteiger partial charge is 0.0346 e. The van der Waals surface area contributed by atoms with E-state index in [4.69, 9.17) is 0 Å². The van der Waals surface area contributed by atoms with Crippen LogP contribution in [-0.4, -0.2) is 9.81 Å². The quantitative estimate of drug-likeness (QED) is 0.743. The van der Waals surface area contributed by atoms with Crippen LogP contribution in [0.5, 0.6) is 0 Å². The first-order valence-electron chi connectivity index (χ1n) is 5.17. The summed E-state index contributed by atoms with van der Waals surface area (Å²) in [6.45, 7) is 4.43. The van der Waals surface area contributed by atoms with Crippen LogP contribution in [0.4, 0.5) is 0 Å². The first kappa shape index (κ1) is 10.6. The highest BCUT2D eigenvalue weighted by atomic mass is 79.9. The zero-order chi connectivity index (χ0) is 10.8. The summed E-state index contributed by atoms with van der Waals surface area (Å²) in [5, 5.41) is 2.53. The van der Waals surface area contributed by atoms with E-state index in [2.05, 4.69) is 59.0 Å². The molecule has 0 saturated heterocycles. The van der Waals surface area contributed by atoms with Crippen molar-refractivity contribution in [3.63, 3.8) is 0 Å². The number of hydrogen-bond donors (Lipinski definition) is 0. The van der Waals surface area contributed by atoms with E-state index in [-0.39, 0.29) is 0 Å². The number of aromatic nitrogens is 1. The number of hydrogen-bond acceptors (Lipinski definition) is 1. The van der Waals surface area contributed by atoms with E-state index in [0.29, 0.717) is 10.7 Å². The summed E-state index contributed by atoms with van der Waals surface area (Å²) in [6, 6.07) is 8.50. The number of rotatable bonds is 2. The minimum absolute atomic E-state index is 0.483. The zero-order valence-electron chi connectivity index (χ0n) is 8.94. The van der Waals surface area contributed by atoms with E-state index < -0.39 is 0 Å². The number of benzene rings is 1. The van der Waals surface area contributed by atoms with Crippen molar-refractivity contribution in [2.45, 2.75) is 24.6 Å². The average Bonchev–Trinajstić information content (AvgIpc) is 2.27. The fourth-order valence-corrected chi connectivity index (χ4v) is 2.08. The number of fused-ring (bicyclic) bond motifs is 1. The van der Waals surface area contributed by atoms with E-state index in [1.807, 2.05) is 12.4 Å². The van der Waals surface area contributed by atoms with Gasteiger partial charge in [-0.25, -0.2) is 0 Å². The monoisotopic (exact) mass is 263 g/mol. The highest BCUT2D eigenvalue weighted by Crippen LogP contribution is 2.29. The lowest BCUT2D eigenvalue weighted by Crippen LogP contribution is -2.04. The van der Waals surface area contributed by atoms with Crippen LogP contribution in [-0.2, 0) is 0 Å². The van der Waals surface area contributed by atoms with Gasteiger partial charge in [0, 0.05) is 22.6 Å². The number of nitrogens with zero attached hydrogens (tertiary/aromatic N) is 1. The fourth-order valence-electron chi connectivity index (χ4n) is 1.79. The third kappa shape index (κ3) is 2.05. The van der Waals surface area contributed by atoms with Crippen LogP contribution in [0.1, 0.15) is 25.3 Å². The molecule has 1 aromatic heterocycles. The largest absolute Gasteiger partial charge is 0.264 e. The minimum Gasteiger partial charge on any atom is -0.264 e. The Kier molecular flexibility index (Phi) is 3.06. The zero-order valence-corrected chi connectivity index (χ0v) is 10.5. The molecule has 0 aliphatic heterocycles. The highest BCUT2D eigenvalue weighted by molar-refractivity contribution is 9.09. The second-order valence-corrected chi connectivity index (χ2v) is 5.35. The molecule has 0 radical (unpaired) electrons. The summed E-state index contributed by atoms with van der Waals surface area (Å²) in [7, 11) is 0. The predicted molar refractivity (Wildman–Crippen MR) is 68.5 cm³/mol. The highest BCUT2D eigenvalue weighted by Gasteiger charge is 2.13. The van der Waals surface area contributed by atoms with Crippen LogP contribution in [0.25, 0.3) is 10.8 Å². The molecule has 2 unspecified atom stereocenters. The Labute approximate surface area is 98.7 Å². The molecule has 2 aromatic rings. The van der Waals surface area contributed by atoms with Gasteiger partial charge in [0.15, 0.2) is 0 Å². The molecular formula is C13H14BrN. The number of halogens is 1. The van der Waals surface area contributed by atoms with Crippen molar-refractivity contribution >= 4 is 26.7 Å². The van der Waals surface area contributed by atoms with Crippen LogP contribution in [0, 0.1) is 0 Å². The Hall–Kier alpha value is -0.890. The summed E-state index contributed by atoms with van der Waals surface area (Å²) in [5.41, 5.74) is 1.39. The second kappa shape index (κ2) is 4.31. The van der Waals surface area contributed by atoms with Gasteiger partial charge < -0.3 is 0 Å². The van der Waals surface area contributed by atoms with E-state index in [0.717, 1.165) is 0 Å². The van der Waals surface area contributed by atoms with Gasteiger partial charge in [-0.15, -0.1) is 0 Å². The number of pyridine rings is 1. The Balaban J connectivity index is 2.60. The van der Waals surface area contributed by atoms with Crippen LogP contribution in [0.15, 0.2) is 36.7 Å². The van der Waals surface area contributed by atoms with Gasteiger partial charge in [-0.2, -0.15) is 0 Å². The summed E-state index contributed by atoms with van der Waals surface area (Å²) in [5.74, 6) is 0.510. The molecule has 0 aliphatic carbocycles. The third-order valence-electron chi connectivity index (χ3n) is 2.89. The molecule has 1 aromatic carbocycles. The molecular weight excluding hydrogens is 250 g/mol. The maximum atomic E-state index is 4.15. The van der Waals surface area contributed by atoms with Crippen molar-refractivity contribution in [3.8, 4) is 0 Å². The van der Waals surface area contributed by atoms with Crippen molar-refractivity contribution < 1.29 is 0 Å². The Morgan fingerprint density at radius 1 is 1.20 bits per heavy atom. The van der Waals surface area contributed by atoms with Crippen molar-refractivity contribution in [1.29, 1.82) is 0 Å². The molecule has 1 heterocycles. The normalized spacial score (nSPS) is 15.1. The lowest BCUT2D eigenvalue weighted by atomic mass is 9.94.